The molecule has 0 aromatic heterocycles. The molecule has 0 aromatic rings. The predicted octanol–water partition coefficient (Wildman–Crippen LogP) is -0.168. The van der Waals surface area contributed by atoms with Crippen molar-refractivity contribution in [2.75, 3.05) is 45.8 Å². The second-order valence-electron chi connectivity index (χ2n) is 7.77. The minimum atomic E-state index is -0.211. The van der Waals surface area contributed by atoms with Crippen LogP contribution in [-0.2, 0) is 19.2 Å². The number of rotatable bonds is 6. The van der Waals surface area contributed by atoms with Gasteiger partial charge in [0.15, 0.2) is 0 Å². The van der Waals surface area contributed by atoms with Crippen LogP contribution in [-0.4, -0.2) is 84.1 Å². The molecule has 2 unspecified atom stereocenters. The summed E-state index contributed by atoms with van der Waals surface area (Å²) in [6.07, 6.45) is 4.40. The van der Waals surface area contributed by atoms with Gasteiger partial charge in [0, 0.05) is 32.7 Å². The number of fused-ring (bicyclic) bond motifs is 1. The molecule has 8 nitrogen and oxygen atoms in total. The van der Waals surface area contributed by atoms with Crippen LogP contribution in [0.25, 0.3) is 0 Å². The first-order chi connectivity index (χ1) is 13.0. The lowest BCUT2D eigenvalue weighted by Crippen LogP contribution is -2.53. The highest BCUT2D eigenvalue weighted by Crippen LogP contribution is 2.37. The summed E-state index contributed by atoms with van der Waals surface area (Å²) >= 11 is 0. The molecule has 1 N–H and O–H groups in total. The second-order valence-corrected chi connectivity index (χ2v) is 7.77. The Hall–Kier alpha value is -1.96. The van der Waals surface area contributed by atoms with E-state index in [2.05, 4.69) is 5.32 Å². The largest absolute Gasteiger partial charge is 0.355 e. The van der Waals surface area contributed by atoms with Crippen molar-refractivity contribution in [3.63, 3.8) is 0 Å². The van der Waals surface area contributed by atoms with Crippen molar-refractivity contribution in [3.8, 4) is 0 Å². The third-order valence-corrected chi connectivity index (χ3v) is 5.89. The van der Waals surface area contributed by atoms with Gasteiger partial charge in [0.1, 0.15) is 6.54 Å². The lowest BCUT2D eigenvalue weighted by atomic mass is 9.81. The average molecular weight is 378 g/mol. The van der Waals surface area contributed by atoms with Gasteiger partial charge in [0.25, 0.3) is 0 Å². The highest BCUT2D eigenvalue weighted by Gasteiger charge is 2.48. The molecule has 150 valence electrons. The summed E-state index contributed by atoms with van der Waals surface area (Å²) in [5.41, 5.74) is 0. The maximum absolute atomic E-state index is 12.6. The van der Waals surface area contributed by atoms with Gasteiger partial charge < -0.3 is 10.2 Å². The Morgan fingerprint density at radius 1 is 0.963 bits per heavy atom. The monoisotopic (exact) mass is 378 g/mol. The molecule has 3 fully saturated rings. The van der Waals surface area contributed by atoms with Crippen LogP contribution in [0.15, 0.2) is 0 Å². The molecule has 3 aliphatic rings. The predicted molar refractivity (Wildman–Crippen MR) is 98.5 cm³/mol. The molecule has 1 saturated carbocycles. The van der Waals surface area contributed by atoms with Crippen LogP contribution in [0.4, 0.5) is 0 Å². The first-order valence-electron chi connectivity index (χ1n) is 10.1. The SMILES string of the molecule is CCCNC(=O)CN1CCN(C(=O)CN2C(=O)C3CCCCC3C2=O)CC1. The summed E-state index contributed by atoms with van der Waals surface area (Å²) in [5.74, 6) is -0.915. The van der Waals surface area contributed by atoms with E-state index in [0.717, 1.165) is 32.1 Å². The molecule has 2 aliphatic heterocycles. The average Bonchev–Trinajstić information content (AvgIpc) is 2.92. The van der Waals surface area contributed by atoms with Crippen LogP contribution in [0.2, 0.25) is 0 Å². The molecule has 0 aromatic carbocycles. The van der Waals surface area contributed by atoms with Crippen LogP contribution in [0.3, 0.4) is 0 Å². The fraction of sp³-hybridized carbons (Fsp3) is 0.789. The fourth-order valence-corrected chi connectivity index (χ4v) is 4.30. The molecule has 4 amide bonds. The molecule has 0 radical (unpaired) electrons. The number of nitrogens with one attached hydrogen (secondary N) is 1. The number of hydrogen-bond donors (Lipinski definition) is 1. The third-order valence-electron chi connectivity index (χ3n) is 5.89. The lowest BCUT2D eigenvalue weighted by molar-refractivity contribution is -0.147. The van der Waals surface area contributed by atoms with Crippen molar-refractivity contribution in [1.29, 1.82) is 0 Å². The summed E-state index contributed by atoms with van der Waals surface area (Å²) in [4.78, 5) is 54.3. The minimum Gasteiger partial charge on any atom is -0.355 e. The molecular formula is C19H30N4O4. The van der Waals surface area contributed by atoms with E-state index in [-0.39, 0.29) is 42.0 Å². The van der Waals surface area contributed by atoms with Gasteiger partial charge in [-0.3, -0.25) is 29.0 Å². The van der Waals surface area contributed by atoms with Gasteiger partial charge in [-0.05, 0) is 19.3 Å². The van der Waals surface area contributed by atoms with Gasteiger partial charge in [-0.15, -0.1) is 0 Å². The Bertz CT molecular complexity index is 577. The topological polar surface area (TPSA) is 90.0 Å². The summed E-state index contributed by atoms with van der Waals surface area (Å²) < 4.78 is 0. The highest BCUT2D eigenvalue weighted by molar-refractivity contribution is 6.07. The fourth-order valence-electron chi connectivity index (χ4n) is 4.30. The number of imide groups is 1. The number of piperazine rings is 1. The summed E-state index contributed by atoms with van der Waals surface area (Å²) in [5, 5.41) is 2.85. The molecule has 8 heteroatoms. The first-order valence-corrected chi connectivity index (χ1v) is 10.1. The Kier molecular flexibility index (Phi) is 6.46. The maximum Gasteiger partial charge on any atom is 0.242 e. The maximum atomic E-state index is 12.6. The van der Waals surface area contributed by atoms with Crippen LogP contribution in [0.5, 0.6) is 0 Å². The molecule has 3 rings (SSSR count). The van der Waals surface area contributed by atoms with Crippen molar-refractivity contribution in [1.82, 2.24) is 20.0 Å². The number of nitrogens with zero attached hydrogens (tertiary/aromatic N) is 3. The molecule has 0 spiro atoms. The van der Waals surface area contributed by atoms with Crippen molar-refractivity contribution in [2.45, 2.75) is 39.0 Å². The zero-order valence-electron chi connectivity index (χ0n) is 16.1. The Morgan fingerprint density at radius 3 is 2.11 bits per heavy atom. The molecule has 2 saturated heterocycles. The molecule has 27 heavy (non-hydrogen) atoms. The summed E-state index contributed by atoms with van der Waals surface area (Å²) in [6, 6.07) is 0. The van der Waals surface area contributed by atoms with Crippen molar-refractivity contribution in [3.05, 3.63) is 0 Å². The quantitative estimate of drug-likeness (QED) is 0.648. The smallest absolute Gasteiger partial charge is 0.242 e. The number of amides is 4. The van der Waals surface area contributed by atoms with Gasteiger partial charge in [0.05, 0.1) is 18.4 Å². The minimum absolute atomic E-state index is 0.00694. The highest BCUT2D eigenvalue weighted by atomic mass is 16.2. The van der Waals surface area contributed by atoms with E-state index in [9.17, 15) is 19.2 Å². The van der Waals surface area contributed by atoms with E-state index in [1.807, 2.05) is 11.8 Å². The summed E-state index contributed by atoms with van der Waals surface area (Å²) in [6.45, 7) is 5.17. The third kappa shape index (κ3) is 4.48. The standard InChI is InChI=1S/C19H30N4O4/c1-2-7-20-16(24)12-21-8-10-22(11-9-21)17(25)13-23-18(26)14-5-3-4-6-15(14)19(23)27/h14-15H,2-13H2,1H3,(H,20,24). The van der Waals surface area contributed by atoms with Crippen molar-refractivity contribution >= 4 is 23.6 Å². The van der Waals surface area contributed by atoms with E-state index in [4.69, 9.17) is 0 Å². The van der Waals surface area contributed by atoms with Crippen LogP contribution < -0.4 is 5.32 Å². The second kappa shape index (κ2) is 8.82. The lowest BCUT2D eigenvalue weighted by Gasteiger charge is -2.35. The van der Waals surface area contributed by atoms with Gasteiger partial charge in [-0.1, -0.05) is 19.8 Å². The van der Waals surface area contributed by atoms with Gasteiger partial charge in [-0.2, -0.15) is 0 Å². The number of carbonyl (C=O) groups is 4. The van der Waals surface area contributed by atoms with Crippen molar-refractivity contribution < 1.29 is 19.2 Å². The van der Waals surface area contributed by atoms with E-state index in [1.54, 1.807) is 4.90 Å². The van der Waals surface area contributed by atoms with Crippen molar-refractivity contribution in [2.24, 2.45) is 11.8 Å². The molecule has 1 aliphatic carbocycles. The zero-order chi connectivity index (χ0) is 19.4. The van der Waals surface area contributed by atoms with Gasteiger partial charge in [0.2, 0.25) is 23.6 Å². The van der Waals surface area contributed by atoms with E-state index in [1.165, 1.54) is 4.90 Å². The van der Waals surface area contributed by atoms with E-state index in [0.29, 0.717) is 39.3 Å². The number of carbonyl (C=O) groups excluding carboxylic acids is 4. The first kappa shape index (κ1) is 19.8. The zero-order valence-corrected chi connectivity index (χ0v) is 16.1. The van der Waals surface area contributed by atoms with Gasteiger partial charge in [-0.25, -0.2) is 0 Å². The van der Waals surface area contributed by atoms with E-state index >= 15 is 0 Å². The Morgan fingerprint density at radius 2 is 1.56 bits per heavy atom. The Balaban J connectivity index is 1.46. The van der Waals surface area contributed by atoms with Gasteiger partial charge >= 0.3 is 0 Å². The number of hydrogen-bond acceptors (Lipinski definition) is 5. The molecular weight excluding hydrogens is 348 g/mol. The van der Waals surface area contributed by atoms with Crippen LogP contribution in [0.1, 0.15) is 39.0 Å². The normalized spacial score (nSPS) is 26.3. The molecule has 2 atom stereocenters. The summed E-state index contributed by atoms with van der Waals surface area (Å²) in [7, 11) is 0. The van der Waals surface area contributed by atoms with Crippen LogP contribution >= 0.6 is 0 Å². The molecule has 2 heterocycles. The number of likely N-dealkylation sites (tertiary alicyclic amines) is 1. The Labute approximate surface area is 160 Å². The van der Waals surface area contributed by atoms with E-state index < -0.39 is 0 Å². The van der Waals surface area contributed by atoms with Crippen LogP contribution in [0, 0.1) is 11.8 Å². The molecule has 0 bridgehead atoms.